The van der Waals surface area contributed by atoms with E-state index in [0.717, 1.165) is 11.1 Å². The van der Waals surface area contributed by atoms with Gasteiger partial charge in [0, 0.05) is 11.3 Å². The predicted molar refractivity (Wildman–Crippen MR) is 143 cm³/mol. The van der Waals surface area contributed by atoms with Crippen LogP contribution in [0.5, 0.6) is 0 Å². The summed E-state index contributed by atoms with van der Waals surface area (Å²) < 4.78 is 10.3. The van der Waals surface area contributed by atoms with Crippen LogP contribution in [0, 0.1) is 5.92 Å². The summed E-state index contributed by atoms with van der Waals surface area (Å²) in [5.74, 6) is -3.19. The number of benzene rings is 2. The molecule has 1 unspecified atom stereocenters. The Balaban J connectivity index is 1.22. The van der Waals surface area contributed by atoms with E-state index in [4.69, 9.17) is 9.47 Å². The van der Waals surface area contributed by atoms with Crippen molar-refractivity contribution in [2.45, 2.75) is 68.2 Å². The van der Waals surface area contributed by atoms with E-state index in [2.05, 4.69) is 0 Å². The Bertz CT molecular complexity index is 1240. The molecule has 9 nitrogen and oxygen atoms in total. The monoisotopic (exact) mass is 552 g/mol. The van der Waals surface area contributed by atoms with E-state index in [-0.39, 0.29) is 13.2 Å². The average Bonchev–Trinajstić information content (AvgIpc) is 3.52. The van der Waals surface area contributed by atoms with Gasteiger partial charge in [-0.2, -0.15) is 0 Å². The zero-order chi connectivity index (χ0) is 27.7. The fourth-order valence-electron chi connectivity index (χ4n) is 5.55. The fourth-order valence-corrected chi connectivity index (χ4v) is 7.26. The van der Waals surface area contributed by atoms with E-state index >= 15 is 0 Å². The predicted octanol–water partition coefficient (Wildman–Crippen LogP) is 2.50. The van der Waals surface area contributed by atoms with Crippen molar-refractivity contribution in [1.29, 1.82) is 0 Å². The molecule has 3 aliphatic heterocycles. The van der Waals surface area contributed by atoms with Crippen LogP contribution in [0.3, 0.4) is 0 Å². The first kappa shape index (κ1) is 27.2. The number of nitrogens with zero attached hydrogens (tertiary/aromatic N) is 2. The van der Waals surface area contributed by atoms with E-state index < -0.39 is 58.0 Å². The van der Waals surface area contributed by atoms with Crippen LogP contribution in [0.1, 0.15) is 37.8 Å². The van der Waals surface area contributed by atoms with Gasteiger partial charge in [-0.05, 0) is 37.8 Å². The number of amides is 2. The molecular weight excluding hydrogens is 520 g/mol. The van der Waals surface area contributed by atoms with E-state index in [1.807, 2.05) is 74.5 Å². The summed E-state index contributed by atoms with van der Waals surface area (Å²) in [5.41, 5.74) is 1.67. The molecule has 0 spiro atoms. The molecular formula is C29H32N2O7S. The molecule has 0 aromatic heterocycles. The van der Waals surface area contributed by atoms with Crippen molar-refractivity contribution in [3.63, 3.8) is 0 Å². The van der Waals surface area contributed by atoms with Crippen LogP contribution in [0.15, 0.2) is 60.7 Å². The minimum Gasteiger partial charge on any atom is -0.459 e. The standard InChI is InChI=1S/C29H32N2O7S/c1-29(2)23(28(36)38-17-19-12-7-4-8-13-19)31-24(33)21(26(31)39-29)22(32)25(34)30-15-9-14-20(30)27(35)37-16-18-10-5-3-6-11-18/h3-8,10-13,20-23,26,32H,9,14-17H2,1-2H3/t20?,21-,22+,23+,26-/m1/s1. The highest BCUT2D eigenvalue weighted by atomic mass is 32.2. The van der Waals surface area contributed by atoms with Gasteiger partial charge in [0.25, 0.3) is 5.91 Å². The van der Waals surface area contributed by atoms with Gasteiger partial charge in [0.15, 0.2) is 0 Å². The number of likely N-dealkylation sites (tertiary alicyclic amines) is 1. The van der Waals surface area contributed by atoms with Gasteiger partial charge in [-0.25, -0.2) is 9.59 Å². The number of fused-ring (bicyclic) bond motifs is 1. The summed E-state index contributed by atoms with van der Waals surface area (Å²) in [5, 5.41) is 10.5. The number of hydrogen-bond donors (Lipinski definition) is 1. The van der Waals surface area contributed by atoms with Crippen molar-refractivity contribution in [3.05, 3.63) is 71.8 Å². The van der Waals surface area contributed by atoms with Crippen LogP contribution in [-0.2, 0) is 41.9 Å². The molecule has 0 radical (unpaired) electrons. The topological polar surface area (TPSA) is 113 Å². The summed E-state index contributed by atoms with van der Waals surface area (Å²) in [6, 6.07) is 16.9. The van der Waals surface area contributed by atoms with Crippen molar-refractivity contribution in [2.24, 2.45) is 5.92 Å². The smallest absolute Gasteiger partial charge is 0.330 e. The van der Waals surface area contributed by atoms with Crippen molar-refractivity contribution in [3.8, 4) is 0 Å². The van der Waals surface area contributed by atoms with E-state index in [1.54, 1.807) is 0 Å². The maximum Gasteiger partial charge on any atom is 0.330 e. The normalized spacial score (nSPS) is 26.0. The molecule has 2 aromatic carbocycles. The first-order valence-electron chi connectivity index (χ1n) is 13.1. The molecule has 3 aliphatic rings. The van der Waals surface area contributed by atoms with Gasteiger partial charge >= 0.3 is 11.9 Å². The third-order valence-corrected chi connectivity index (χ3v) is 9.15. The van der Waals surface area contributed by atoms with E-state index in [9.17, 15) is 24.3 Å². The molecule has 10 heteroatoms. The Kier molecular flexibility index (Phi) is 7.68. The number of thioether (sulfide) groups is 1. The lowest BCUT2D eigenvalue weighted by Crippen LogP contribution is -2.67. The second-order valence-corrected chi connectivity index (χ2v) is 12.4. The number of esters is 2. The highest BCUT2D eigenvalue weighted by molar-refractivity contribution is 8.01. The number of aliphatic hydroxyl groups is 1. The van der Waals surface area contributed by atoms with Gasteiger partial charge < -0.3 is 24.4 Å². The molecule has 2 amide bonds. The molecule has 0 bridgehead atoms. The molecule has 5 atom stereocenters. The number of carbonyl (C=O) groups excluding carboxylic acids is 4. The maximum atomic E-state index is 13.3. The highest BCUT2D eigenvalue weighted by Gasteiger charge is 2.66. The van der Waals surface area contributed by atoms with E-state index in [0.29, 0.717) is 19.4 Å². The van der Waals surface area contributed by atoms with Crippen molar-refractivity contribution in [1.82, 2.24) is 9.80 Å². The summed E-state index contributed by atoms with van der Waals surface area (Å²) in [4.78, 5) is 55.2. The lowest BCUT2D eigenvalue weighted by Gasteiger charge is -2.45. The molecule has 2 aromatic rings. The number of rotatable bonds is 8. The first-order chi connectivity index (χ1) is 18.7. The van der Waals surface area contributed by atoms with Gasteiger partial charge in [0.05, 0.1) is 5.37 Å². The number of aliphatic hydroxyl groups excluding tert-OH is 1. The summed E-state index contributed by atoms with van der Waals surface area (Å²) in [6.45, 7) is 4.17. The number of β-lactam (4-membered cyclic amide) rings is 1. The van der Waals surface area contributed by atoms with Crippen LogP contribution in [0.4, 0.5) is 0 Å². The largest absolute Gasteiger partial charge is 0.459 e. The van der Waals surface area contributed by atoms with Gasteiger partial charge in [-0.1, -0.05) is 60.7 Å². The Morgan fingerprint density at radius 3 is 2.13 bits per heavy atom. The third kappa shape index (κ3) is 5.27. The van der Waals surface area contributed by atoms with Gasteiger partial charge in [0.2, 0.25) is 5.91 Å². The molecule has 39 heavy (non-hydrogen) atoms. The van der Waals surface area contributed by atoms with Crippen LogP contribution in [0.25, 0.3) is 0 Å². The van der Waals surface area contributed by atoms with Crippen LogP contribution in [0.2, 0.25) is 0 Å². The van der Waals surface area contributed by atoms with E-state index in [1.165, 1.54) is 21.6 Å². The maximum absolute atomic E-state index is 13.3. The van der Waals surface area contributed by atoms with Gasteiger partial charge in [0.1, 0.15) is 37.3 Å². The number of carbonyl (C=O) groups is 4. The average molecular weight is 553 g/mol. The zero-order valence-electron chi connectivity index (χ0n) is 21.9. The first-order valence-corrected chi connectivity index (χ1v) is 14.0. The molecule has 1 N–H and O–H groups in total. The van der Waals surface area contributed by atoms with Gasteiger partial charge in [-0.15, -0.1) is 11.8 Å². The Labute approximate surface area is 231 Å². The van der Waals surface area contributed by atoms with Crippen molar-refractivity contribution < 1.29 is 33.8 Å². The van der Waals surface area contributed by atoms with Gasteiger partial charge in [-0.3, -0.25) is 9.59 Å². The lowest BCUT2D eigenvalue weighted by atomic mass is 9.87. The summed E-state index contributed by atoms with van der Waals surface area (Å²) in [7, 11) is 0. The Morgan fingerprint density at radius 1 is 0.974 bits per heavy atom. The number of hydrogen-bond acceptors (Lipinski definition) is 8. The molecule has 0 saturated carbocycles. The molecule has 3 heterocycles. The number of ether oxygens (including phenoxy) is 2. The second kappa shape index (κ2) is 11.0. The van der Waals surface area contributed by atoms with Crippen LogP contribution < -0.4 is 0 Å². The lowest BCUT2D eigenvalue weighted by molar-refractivity contribution is -0.176. The third-order valence-electron chi connectivity index (χ3n) is 7.55. The highest BCUT2D eigenvalue weighted by Crippen LogP contribution is 2.54. The second-order valence-electron chi connectivity index (χ2n) is 10.6. The van der Waals surface area contributed by atoms with Crippen molar-refractivity contribution >= 4 is 35.5 Å². The Hall–Kier alpha value is -3.37. The minimum atomic E-state index is -1.62. The molecule has 3 saturated heterocycles. The Morgan fingerprint density at radius 2 is 1.54 bits per heavy atom. The molecule has 5 rings (SSSR count). The molecule has 3 fully saturated rings. The fraction of sp³-hybridized carbons (Fsp3) is 0.448. The SMILES string of the molecule is CC1(C)S[C@@H]2[C@H]([C@H](O)C(=O)N3CCCC3C(=O)OCc3ccccc3)C(=O)N2[C@H]1C(=O)OCc1ccccc1. The zero-order valence-corrected chi connectivity index (χ0v) is 22.7. The van der Waals surface area contributed by atoms with Crippen LogP contribution >= 0.6 is 11.8 Å². The molecule has 0 aliphatic carbocycles. The summed E-state index contributed by atoms with van der Waals surface area (Å²) >= 11 is 1.37. The minimum absolute atomic E-state index is 0.0882. The van der Waals surface area contributed by atoms with Crippen LogP contribution in [-0.4, -0.2) is 73.5 Å². The summed E-state index contributed by atoms with van der Waals surface area (Å²) in [6.07, 6.45) is -0.602. The van der Waals surface area contributed by atoms with Crippen molar-refractivity contribution in [2.75, 3.05) is 6.54 Å². The molecule has 206 valence electrons. The quantitative estimate of drug-likeness (QED) is 0.393.